The maximum atomic E-state index is 11.5. The van der Waals surface area contributed by atoms with Crippen LogP contribution in [0.3, 0.4) is 0 Å². The highest BCUT2D eigenvalue weighted by molar-refractivity contribution is 8.01. The lowest BCUT2D eigenvalue weighted by atomic mass is 9.90. The average molecular weight is 170 g/mol. The molecule has 0 unspecified atom stereocenters. The molecule has 0 amide bonds. The van der Waals surface area contributed by atoms with Crippen LogP contribution in [0.15, 0.2) is 11.0 Å². The van der Waals surface area contributed by atoms with Gasteiger partial charge in [-0.05, 0) is 24.5 Å². The van der Waals surface area contributed by atoms with E-state index in [4.69, 9.17) is 0 Å². The van der Waals surface area contributed by atoms with Crippen LogP contribution in [0.2, 0.25) is 0 Å². The summed E-state index contributed by atoms with van der Waals surface area (Å²) in [6.07, 6.45) is 3.97. The van der Waals surface area contributed by atoms with E-state index in [1.165, 1.54) is 0 Å². The van der Waals surface area contributed by atoms with Gasteiger partial charge in [-0.1, -0.05) is 13.8 Å². The Morgan fingerprint density at radius 2 is 2.18 bits per heavy atom. The standard InChI is InChI=1S/C9H14OS/c1-9(2)5-4-7(6-11-3)8(9)10/h6H,4-5H2,1-3H3/b7-6+. The van der Waals surface area contributed by atoms with E-state index in [0.29, 0.717) is 5.78 Å². The molecule has 0 spiro atoms. The first kappa shape index (κ1) is 8.85. The highest BCUT2D eigenvalue weighted by atomic mass is 32.2. The Labute approximate surface area is 72.2 Å². The van der Waals surface area contributed by atoms with Gasteiger partial charge in [0.05, 0.1) is 0 Å². The molecule has 0 aromatic carbocycles. The molecule has 0 heterocycles. The number of carbonyl (C=O) groups is 1. The number of allylic oxidation sites excluding steroid dienone is 1. The Morgan fingerprint density at radius 3 is 2.55 bits per heavy atom. The summed E-state index contributed by atoms with van der Waals surface area (Å²) < 4.78 is 0. The fraction of sp³-hybridized carbons (Fsp3) is 0.667. The monoisotopic (exact) mass is 170 g/mol. The third-order valence-electron chi connectivity index (χ3n) is 2.19. The molecule has 0 saturated heterocycles. The number of rotatable bonds is 1. The molecule has 0 aromatic heterocycles. The Bertz CT molecular complexity index is 204. The van der Waals surface area contributed by atoms with Crippen LogP contribution in [-0.4, -0.2) is 12.0 Å². The molecule has 0 aromatic rings. The van der Waals surface area contributed by atoms with Crippen LogP contribution in [0.5, 0.6) is 0 Å². The van der Waals surface area contributed by atoms with Crippen LogP contribution in [0.25, 0.3) is 0 Å². The zero-order valence-electron chi connectivity index (χ0n) is 7.31. The third-order valence-corrected chi connectivity index (χ3v) is 2.71. The molecule has 1 fully saturated rings. The molecule has 0 atom stereocenters. The summed E-state index contributed by atoms with van der Waals surface area (Å²) in [6.45, 7) is 4.05. The molecule has 1 aliphatic rings. The minimum atomic E-state index is -0.0957. The summed E-state index contributed by atoms with van der Waals surface area (Å²) >= 11 is 1.62. The zero-order valence-corrected chi connectivity index (χ0v) is 8.12. The summed E-state index contributed by atoms with van der Waals surface area (Å²) in [4.78, 5) is 11.5. The van der Waals surface area contributed by atoms with Crippen LogP contribution in [0, 0.1) is 5.41 Å². The van der Waals surface area contributed by atoms with Crippen molar-refractivity contribution in [2.75, 3.05) is 6.26 Å². The van der Waals surface area contributed by atoms with E-state index >= 15 is 0 Å². The predicted molar refractivity (Wildman–Crippen MR) is 49.6 cm³/mol. The fourth-order valence-electron chi connectivity index (χ4n) is 1.36. The van der Waals surface area contributed by atoms with E-state index in [2.05, 4.69) is 0 Å². The highest BCUT2D eigenvalue weighted by Crippen LogP contribution is 2.37. The summed E-state index contributed by atoms with van der Waals surface area (Å²) in [5.41, 5.74) is 0.921. The van der Waals surface area contributed by atoms with Crippen LogP contribution < -0.4 is 0 Å². The summed E-state index contributed by atoms with van der Waals surface area (Å²) in [7, 11) is 0. The van der Waals surface area contributed by atoms with Crippen molar-refractivity contribution in [1.29, 1.82) is 0 Å². The zero-order chi connectivity index (χ0) is 8.48. The van der Waals surface area contributed by atoms with Crippen molar-refractivity contribution in [2.45, 2.75) is 26.7 Å². The molecule has 0 aliphatic heterocycles. The van der Waals surface area contributed by atoms with Crippen molar-refractivity contribution >= 4 is 17.5 Å². The second-order valence-electron chi connectivity index (χ2n) is 3.59. The molecule has 1 rings (SSSR count). The second kappa shape index (κ2) is 3.02. The van der Waals surface area contributed by atoms with E-state index in [0.717, 1.165) is 18.4 Å². The smallest absolute Gasteiger partial charge is 0.164 e. The molecule has 1 aliphatic carbocycles. The van der Waals surface area contributed by atoms with Gasteiger partial charge in [0.25, 0.3) is 0 Å². The summed E-state index contributed by atoms with van der Waals surface area (Å²) in [6, 6.07) is 0. The van der Waals surface area contributed by atoms with Crippen LogP contribution in [0.1, 0.15) is 26.7 Å². The van der Waals surface area contributed by atoms with Crippen LogP contribution in [0.4, 0.5) is 0 Å². The molecular formula is C9H14OS. The molecule has 0 radical (unpaired) electrons. The van der Waals surface area contributed by atoms with E-state index in [-0.39, 0.29) is 5.41 Å². The van der Waals surface area contributed by atoms with Crippen molar-refractivity contribution < 1.29 is 4.79 Å². The van der Waals surface area contributed by atoms with E-state index < -0.39 is 0 Å². The number of carbonyl (C=O) groups excluding carboxylic acids is 1. The molecule has 62 valence electrons. The largest absolute Gasteiger partial charge is 0.294 e. The van der Waals surface area contributed by atoms with Crippen LogP contribution in [-0.2, 0) is 4.79 Å². The Hall–Kier alpha value is -0.240. The molecule has 1 saturated carbocycles. The van der Waals surface area contributed by atoms with Crippen molar-refractivity contribution in [3.05, 3.63) is 11.0 Å². The normalized spacial score (nSPS) is 26.5. The lowest BCUT2D eigenvalue weighted by Crippen LogP contribution is -2.16. The quantitative estimate of drug-likeness (QED) is 0.563. The molecule has 1 nitrogen and oxygen atoms in total. The van der Waals surface area contributed by atoms with Gasteiger partial charge in [0.15, 0.2) is 5.78 Å². The molecule has 11 heavy (non-hydrogen) atoms. The maximum Gasteiger partial charge on any atom is 0.164 e. The summed E-state index contributed by atoms with van der Waals surface area (Å²) in [5.74, 6) is 0.340. The average Bonchev–Trinajstić information content (AvgIpc) is 2.17. The molecule has 0 bridgehead atoms. The fourth-order valence-corrected chi connectivity index (χ4v) is 1.87. The third kappa shape index (κ3) is 1.67. The van der Waals surface area contributed by atoms with E-state index in [9.17, 15) is 4.79 Å². The van der Waals surface area contributed by atoms with Crippen LogP contribution >= 0.6 is 11.8 Å². The second-order valence-corrected chi connectivity index (χ2v) is 4.30. The van der Waals surface area contributed by atoms with Gasteiger partial charge < -0.3 is 0 Å². The van der Waals surface area contributed by atoms with E-state index in [1.54, 1.807) is 11.8 Å². The first-order valence-electron chi connectivity index (χ1n) is 3.84. The number of hydrogen-bond donors (Lipinski definition) is 0. The predicted octanol–water partition coefficient (Wildman–Crippen LogP) is 2.62. The van der Waals surface area contributed by atoms with E-state index in [1.807, 2.05) is 25.5 Å². The minimum Gasteiger partial charge on any atom is -0.294 e. The van der Waals surface area contributed by atoms with Gasteiger partial charge in [-0.25, -0.2) is 0 Å². The topological polar surface area (TPSA) is 17.1 Å². The van der Waals surface area contributed by atoms with Gasteiger partial charge in [-0.15, -0.1) is 11.8 Å². The van der Waals surface area contributed by atoms with Crippen molar-refractivity contribution in [2.24, 2.45) is 5.41 Å². The number of hydrogen-bond acceptors (Lipinski definition) is 2. The molecular weight excluding hydrogens is 156 g/mol. The summed E-state index contributed by atoms with van der Waals surface area (Å²) in [5, 5.41) is 1.98. The maximum absolute atomic E-state index is 11.5. The lowest BCUT2D eigenvalue weighted by Gasteiger charge is -2.12. The van der Waals surface area contributed by atoms with Crippen molar-refractivity contribution in [3.63, 3.8) is 0 Å². The van der Waals surface area contributed by atoms with Gasteiger partial charge in [0.1, 0.15) is 0 Å². The number of thioether (sulfide) groups is 1. The van der Waals surface area contributed by atoms with Crippen molar-refractivity contribution in [3.8, 4) is 0 Å². The Morgan fingerprint density at radius 1 is 1.55 bits per heavy atom. The molecule has 2 heteroatoms. The van der Waals surface area contributed by atoms with Gasteiger partial charge in [-0.3, -0.25) is 4.79 Å². The van der Waals surface area contributed by atoms with Crippen molar-refractivity contribution in [1.82, 2.24) is 0 Å². The number of Topliss-reactive ketones (excluding diaryl/α,β-unsaturated/α-hetero) is 1. The Kier molecular flexibility index (Phi) is 2.43. The lowest BCUT2D eigenvalue weighted by molar-refractivity contribution is -0.121. The van der Waals surface area contributed by atoms with Gasteiger partial charge >= 0.3 is 0 Å². The van der Waals surface area contributed by atoms with Gasteiger partial charge in [-0.2, -0.15) is 0 Å². The Balaban J connectivity index is 2.79. The molecule has 0 N–H and O–H groups in total. The highest BCUT2D eigenvalue weighted by Gasteiger charge is 2.35. The van der Waals surface area contributed by atoms with Gasteiger partial charge in [0.2, 0.25) is 0 Å². The number of ketones is 1. The SMILES string of the molecule is CS/C=C1\CCC(C)(C)C1=O. The minimum absolute atomic E-state index is 0.0957. The first-order chi connectivity index (χ1) is 5.08. The van der Waals surface area contributed by atoms with Gasteiger partial charge in [0, 0.05) is 11.0 Å². The first-order valence-corrected chi connectivity index (χ1v) is 5.13.